The van der Waals surface area contributed by atoms with Gasteiger partial charge in [-0.05, 0) is 49.9 Å². The van der Waals surface area contributed by atoms with Crippen LogP contribution in [0.15, 0.2) is 48.5 Å². The highest BCUT2D eigenvalue weighted by Gasteiger charge is 2.32. The number of anilines is 1. The van der Waals surface area contributed by atoms with Gasteiger partial charge in [-0.3, -0.25) is 13.9 Å². The second-order valence-corrected chi connectivity index (χ2v) is 11.0. The predicted octanol–water partition coefficient (Wildman–Crippen LogP) is 3.88. The molecular weight excluding hydrogens is 502 g/mol. The van der Waals surface area contributed by atoms with Gasteiger partial charge in [0.1, 0.15) is 18.3 Å². The van der Waals surface area contributed by atoms with Gasteiger partial charge in [-0.2, -0.15) is 0 Å². The first-order chi connectivity index (χ1) is 17.0. The van der Waals surface area contributed by atoms with Gasteiger partial charge in [0, 0.05) is 17.6 Å². The van der Waals surface area contributed by atoms with E-state index >= 15 is 0 Å². The van der Waals surface area contributed by atoms with Crippen molar-refractivity contribution in [3.63, 3.8) is 0 Å². The molecular formula is C26H36ClN3O5S. The molecule has 2 aromatic rings. The monoisotopic (exact) mass is 537 g/mol. The molecule has 2 amide bonds. The van der Waals surface area contributed by atoms with E-state index in [0.29, 0.717) is 17.9 Å². The number of carbonyl (C=O) groups is 2. The van der Waals surface area contributed by atoms with Gasteiger partial charge in [-0.25, -0.2) is 8.42 Å². The lowest BCUT2D eigenvalue weighted by atomic mass is 10.1. The average molecular weight is 538 g/mol. The van der Waals surface area contributed by atoms with E-state index in [1.807, 2.05) is 51.1 Å². The standard InChI is InChI=1S/C26H36ClN3O5S/c1-6-19(3)28-26(32)22(7-2)29(16-15-20-11-9-8-10-12-20)25(31)18-30(36(5,33)34)23-17-21(27)13-14-24(23)35-4/h8-14,17,19,22H,6-7,15-16,18H2,1-5H3,(H,28,32)/t19-,22-/m0/s1. The van der Waals surface area contributed by atoms with Crippen LogP contribution in [-0.4, -0.2) is 63.7 Å². The number of rotatable bonds is 13. The van der Waals surface area contributed by atoms with E-state index in [4.69, 9.17) is 16.3 Å². The van der Waals surface area contributed by atoms with E-state index in [1.165, 1.54) is 18.1 Å². The van der Waals surface area contributed by atoms with Crippen LogP contribution in [0.1, 0.15) is 39.2 Å². The van der Waals surface area contributed by atoms with Crippen molar-refractivity contribution < 1.29 is 22.7 Å². The summed E-state index contributed by atoms with van der Waals surface area (Å²) in [5.74, 6) is -0.501. The van der Waals surface area contributed by atoms with Crippen LogP contribution < -0.4 is 14.4 Å². The largest absolute Gasteiger partial charge is 0.495 e. The van der Waals surface area contributed by atoms with Gasteiger partial charge >= 0.3 is 0 Å². The molecule has 2 aromatic carbocycles. The highest BCUT2D eigenvalue weighted by atomic mass is 35.5. The van der Waals surface area contributed by atoms with Gasteiger partial charge in [-0.15, -0.1) is 0 Å². The van der Waals surface area contributed by atoms with Crippen molar-refractivity contribution in [1.82, 2.24) is 10.2 Å². The minimum absolute atomic E-state index is 0.0548. The highest BCUT2D eigenvalue weighted by molar-refractivity contribution is 7.92. The molecule has 2 rings (SSSR count). The summed E-state index contributed by atoms with van der Waals surface area (Å²) in [5.41, 5.74) is 1.16. The number of methoxy groups -OCH3 is 1. The molecule has 198 valence electrons. The number of benzene rings is 2. The summed E-state index contributed by atoms with van der Waals surface area (Å²) in [7, 11) is -2.48. The van der Waals surface area contributed by atoms with Crippen molar-refractivity contribution in [2.75, 3.05) is 30.8 Å². The van der Waals surface area contributed by atoms with E-state index in [9.17, 15) is 18.0 Å². The van der Waals surface area contributed by atoms with Crippen molar-refractivity contribution in [3.8, 4) is 5.75 Å². The lowest BCUT2D eigenvalue weighted by molar-refractivity contribution is -0.139. The maximum atomic E-state index is 13.7. The molecule has 0 saturated heterocycles. The first-order valence-corrected chi connectivity index (χ1v) is 14.2. The SMILES string of the molecule is CC[C@H](C)NC(=O)[C@H](CC)N(CCc1ccccc1)C(=O)CN(c1cc(Cl)ccc1OC)S(C)(=O)=O. The lowest BCUT2D eigenvalue weighted by Crippen LogP contribution is -2.54. The van der Waals surface area contributed by atoms with Gasteiger partial charge in [0.05, 0.1) is 19.1 Å². The van der Waals surface area contributed by atoms with E-state index in [2.05, 4.69) is 5.32 Å². The minimum atomic E-state index is -3.89. The molecule has 0 aliphatic carbocycles. The minimum Gasteiger partial charge on any atom is -0.495 e. The lowest BCUT2D eigenvalue weighted by Gasteiger charge is -2.33. The number of sulfonamides is 1. The summed E-state index contributed by atoms with van der Waals surface area (Å²) in [6.45, 7) is 5.44. The van der Waals surface area contributed by atoms with Gasteiger partial charge in [0.2, 0.25) is 21.8 Å². The molecule has 10 heteroatoms. The van der Waals surface area contributed by atoms with Crippen LogP contribution in [0.25, 0.3) is 0 Å². The third-order valence-electron chi connectivity index (χ3n) is 5.96. The van der Waals surface area contributed by atoms with Crippen LogP contribution in [-0.2, 0) is 26.0 Å². The number of nitrogens with zero attached hydrogens (tertiary/aromatic N) is 2. The Bertz CT molecular complexity index is 1130. The van der Waals surface area contributed by atoms with Crippen molar-refractivity contribution in [1.29, 1.82) is 0 Å². The fourth-order valence-electron chi connectivity index (χ4n) is 3.79. The molecule has 0 unspecified atom stereocenters. The number of carbonyl (C=O) groups excluding carboxylic acids is 2. The van der Waals surface area contributed by atoms with Gasteiger partial charge in [0.25, 0.3) is 0 Å². The first kappa shape index (κ1) is 29.5. The van der Waals surface area contributed by atoms with Gasteiger partial charge < -0.3 is 15.0 Å². The number of nitrogens with one attached hydrogen (secondary N) is 1. The Morgan fingerprint density at radius 3 is 2.31 bits per heavy atom. The Morgan fingerprint density at radius 1 is 1.08 bits per heavy atom. The third kappa shape index (κ3) is 8.13. The molecule has 0 aliphatic rings. The van der Waals surface area contributed by atoms with Crippen LogP contribution in [0.2, 0.25) is 5.02 Å². The Morgan fingerprint density at radius 2 is 1.75 bits per heavy atom. The molecule has 0 radical (unpaired) electrons. The highest BCUT2D eigenvalue weighted by Crippen LogP contribution is 2.33. The Hall–Kier alpha value is -2.78. The van der Waals surface area contributed by atoms with Crippen LogP contribution in [0.3, 0.4) is 0 Å². The van der Waals surface area contributed by atoms with E-state index in [-0.39, 0.29) is 29.9 Å². The molecule has 0 spiro atoms. The van der Waals surface area contributed by atoms with E-state index in [1.54, 1.807) is 12.1 Å². The van der Waals surface area contributed by atoms with Crippen LogP contribution >= 0.6 is 11.6 Å². The number of ether oxygens (including phenoxy) is 1. The van der Waals surface area contributed by atoms with E-state index < -0.39 is 28.5 Å². The van der Waals surface area contributed by atoms with Crippen molar-refractivity contribution in [3.05, 3.63) is 59.1 Å². The molecule has 36 heavy (non-hydrogen) atoms. The zero-order valence-electron chi connectivity index (χ0n) is 21.5. The zero-order valence-corrected chi connectivity index (χ0v) is 23.1. The fourth-order valence-corrected chi connectivity index (χ4v) is 4.80. The Labute approximate surface area is 219 Å². The molecule has 0 aromatic heterocycles. The van der Waals surface area contributed by atoms with Crippen molar-refractivity contribution >= 4 is 39.1 Å². The van der Waals surface area contributed by atoms with Crippen LogP contribution in [0, 0.1) is 0 Å². The third-order valence-corrected chi connectivity index (χ3v) is 7.32. The van der Waals surface area contributed by atoms with Crippen LogP contribution in [0.5, 0.6) is 5.75 Å². The fraction of sp³-hybridized carbons (Fsp3) is 0.462. The molecule has 0 heterocycles. The Kier molecular flexibility index (Phi) is 11.0. The molecule has 2 atom stereocenters. The summed E-state index contributed by atoms with van der Waals surface area (Å²) in [5, 5.41) is 3.25. The maximum absolute atomic E-state index is 13.7. The van der Waals surface area contributed by atoms with Crippen molar-refractivity contribution in [2.45, 2.75) is 52.1 Å². The normalized spacial score (nSPS) is 12.9. The topological polar surface area (TPSA) is 96.0 Å². The average Bonchev–Trinajstić information content (AvgIpc) is 2.84. The van der Waals surface area contributed by atoms with E-state index in [0.717, 1.165) is 22.5 Å². The summed E-state index contributed by atoms with van der Waals surface area (Å²) < 4.78 is 31.9. The van der Waals surface area contributed by atoms with Gasteiger partial charge in [-0.1, -0.05) is 55.8 Å². The van der Waals surface area contributed by atoms with Gasteiger partial charge in [0.15, 0.2) is 0 Å². The number of hydrogen-bond acceptors (Lipinski definition) is 5. The number of amides is 2. The first-order valence-electron chi connectivity index (χ1n) is 12.0. The molecule has 0 aliphatic heterocycles. The molecule has 0 bridgehead atoms. The van der Waals surface area contributed by atoms with Crippen LogP contribution in [0.4, 0.5) is 5.69 Å². The smallest absolute Gasteiger partial charge is 0.244 e. The summed E-state index contributed by atoms with van der Waals surface area (Å²) in [6.07, 6.45) is 2.65. The summed E-state index contributed by atoms with van der Waals surface area (Å²) in [4.78, 5) is 28.3. The Balaban J connectivity index is 2.43. The maximum Gasteiger partial charge on any atom is 0.244 e. The number of hydrogen-bond donors (Lipinski definition) is 1. The zero-order chi connectivity index (χ0) is 26.9. The second-order valence-electron chi connectivity index (χ2n) is 8.65. The summed E-state index contributed by atoms with van der Waals surface area (Å²) >= 11 is 6.14. The molecule has 8 nitrogen and oxygen atoms in total. The van der Waals surface area contributed by atoms with Crippen molar-refractivity contribution in [2.24, 2.45) is 0 Å². The molecule has 1 N–H and O–H groups in total. The molecule has 0 fully saturated rings. The summed E-state index contributed by atoms with van der Waals surface area (Å²) in [6, 6.07) is 13.4. The molecule has 0 saturated carbocycles. The quantitative estimate of drug-likeness (QED) is 0.418. The number of halogens is 1. The second kappa shape index (κ2) is 13.5. The predicted molar refractivity (Wildman–Crippen MR) is 144 cm³/mol.